The zero-order valence-electron chi connectivity index (χ0n) is 5.02. The van der Waals surface area contributed by atoms with Crippen LogP contribution >= 0.6 is 31.9 Å². The zero-order valence-corrected chi connectivity index (χ0v) is 8.19. The van der Waals surface area contributed by atoms with Gasteiger partial charge in [0.05, 0.1) is 6.54 Å². The molecule has 0 saturated heterocycles. The van der Waals surface area contributed by atoms with E-state index in [1.54, 1.807) is 10.7 Å². The molecule has 0 aliphatic heterocycles. The number of aromatic nitrogens is 2. The Morgan fingerprint density at radius 3 is 2.70 bits per heavy atom. The highest BCUT2D eigenvalue weighted by molar-refractivity contribution is 9.11. The van der Waals surface area contributed by atoms with E-state index in [9.17, 15) is 4.39 Å². The van der Waals surface area contributed by atoms with E-state index in [0.717, 1.165) is 4.60 Å². The van der Waals surface area contributed by atoms with E-state index in [0.29, 0.717) is 11.1 Å². The zero-order chi connectivity index (χ0) is 7.56. The minimum atomic E-state index is -0.396. The number of hydrogen-bond acceptors (Lipinski definition) is 1. The first-order valence-corrected chi connectivity index (χ1v) is 4.27. The molecule has 10 heavy (non-hydrogen) atoms. The summed E-state index contributed by atoms with van der Waals surface area (Å²) in [7, 11) is 0. The van der Waals surface area contributed by atoms with Crippen molar-refractivity contribution in [2.75, 3.05) is 6.67 Å². The fourth-order valence-corrected chi connectivity index (χ4v) is 1.79. The van der Waals surface area contributed by atoms with Crippen LogP contribution in [-0.4, -0.2) is 16.5 Å². The van der Waals surface area contributed by atoms with E-state index in [2.05, 4.69) is 37.0 Å². The van der Waals surface area contributed by atoms with Gasteiger partial charge in [0.15, 0.2) is 0 Å². The first-order valence-electron chi connectivity index (χ1n) is 2.69. The Labute approximate surface area is 74.7 Å². The van der Waals surface area contributed by atoms with Crippen LogP contribution in [0, 0.1) is 0 Å². The molecule has 0 N–H and O–H groups in total. The number of rotatable bonds is 2. The van der Waals surface area contributed by atoms with Gasteiger partial charge in [-0.15, -0.1) is 0 Å². The van der Waals surface area contributed by atoms with Gasteiger partial charge in [-0.1, -0.05) is 0 Å². The second-order valence-corrected chi connectivity index (χ2v) is 3.33. The minimum absolute atomic E-state index is 0.298. The van der Waals surface area contributed by atoms with E-state index in [-0.39, 0.29) is 0 Å². The van der Waals surface area contributed by atoms with Gasteiger partial charge < -0.3 is 0 Å². The molecule has 0 aliphatic rings. The lowest BCUT2D eigenvalue weighted by Gasteiger charge is -1.95. The molecular weight excluding hydrogens is 267 g/mol. The first-order chi connectivity index (χ1) is 4.74. The lowest BCUT2D eigenvalue weighted by atomic mass is 10.7. The van der Waals surface area contributed by atoms with Gasteiger partial charge in [0.25, 0.3) is 0 Å². The van der Waals surface area contributed by atoms with E-state index >= 15 is 0 Å². The van der Waals surface area contributed by atoms with Crippen LogP contribution in [-0.2, 0) is 6.54 Å². The van der Waals surface area contributed by atoms with Crippen LogP contribution in [0.2, 0.25) is 0 Å². The molecule has 0 bridgehead atoms. The summed E-state index contributed by atoms with van der Waals surface area (Å²) in [6.07, 6.45) is 0. The molecule has 0 spiro atoms. The summed E-state index contributed by atoms with van der Waals surface area (Å²) in [5.74, 6) is 0. The molecule has 1 aromatic heterocycles. The monoisotopic (exact) mass is 270 g/mol. The van der Waals surface area contributed by atoms with Gasteiger partial charge in [0.2, 0.25) is 0 Å². The second-order valence-electron chi connectivity index (χ2n) is 1.70. The summed E-state index contributed by atoms with van der Waals surface area (Å²) in [6.45, 7) is -0.0983. The summed E-state index contributed by atoms with van der Waals surface area (Å²) < 4.78 is 14.8. The molecule has 5 heteroatoms. The van der Waals surface area contributed by atoms with Crippen molar-refractivity contribution >= 4 is 31.9 Å². The van der Waals surface area contributed by atoms with Crippen molar-refractivity contribution in [1.82, 2.24) is 9.78 Å². The van der Waals surface area contributed by atoms with E-state index in [4.69, 9.17) is 0 Å². The van der Waals surface area contributed by atoms with Crippen LogP contribution in [0.15, 0.2) is 15.3 Å². The van der Waals surface area contributed by atoms with Crippen molar-refractivity contribution < 1.29 is 4.39 Å². The number of hydrogen-bond donors (Lipinski definition) is 0. The maximum Gasteiger partial charge on any atom is 0.129 e. The van der Waals surface area contributed by atoms with Crippen molar-refractivity contribution in [2.45, 2.75) is 6.54 Å². The van der Waals surface area contributed by atoms with Gasteiger partial charge >= 0.3 is 0 Å². The average molecular weight is 272 g/mol. The summed E-state index contributed by atoms with van der Waals surface area (Å²) in [5, 5.41) is 3.95. The predicted octanol–water partition coefficient (Wildman–Crippen LogP) is 2.38. The molecule has 0 aliphatic carbocycles. The molecule has 0 fully saturated rings. The fraction of sp³-hybridized carbons (Fsp3) is 0.400. The third-order valence-corrected chi connectivity index (χ3v) is 2.02. The van der Waals surface area contributed by atoms with Crippen molar-refractivity contribution in [3.8, 4) is 0 Å². The summed E-state index contributed by atoms with van der Waals surface area (Å²) in [4.78, 5) is 0. The fourth-order valence-electron chi connectivity index (χ4n) is 0.602. The lowest BCUT2D eigenvalue weighted by Crippen LogP contribution is -2.01. The normalized spacial score (nSPS) is 10.3. The molecule has 56 valence electrons. The molecule has 0 saturated carbocycles. The van der Waals surface area contributed by atoms with E-state index in [1.165, 1.54) is 0 Å². The maximum atomic E-state index is 11.8. The van der Waals surface area contributed by atoms with Crippen molar-refractivity contribution in [3.05, 3.63) is 15.3 Å². The highest BCUT2D eigenvalue weighted by Gasteiger charge is 2.00. The van der Waals surface area contributed by atoms with Gasteiger partial charge in [0.1, 0.15) is 15.9 Å². The molecule has 1 heterocycles. The molecule has 0 unspecified atom stereocenters. The maximum absolute atomic E-state index is 11.8. The number of alkyl halides is 1. The van der Waals surface area contributed by atoms with Crippen LogP contribution in [0.3, 0.4) is 0 Å². The summed E-state index contributed by atoms with van der Waals surface area (Å²) >= 11 is 6.39. The van der Waals surface area contributed by atoms with Crippen LogP contribution in [0.1, 0.15) is 0 Å². The smallest absolute Gasteiger partial charge is 0.129 e. The Kier molecular flexibility index (Phi) is 2.85. The Morgan fingerprint density at radius 2 is 2.30 bits per heavy atom. The lowest BCUT2D eigenvalue weighted by molar-refractivity contribution is 0.423. The van der Waals surface area contributed by atoms with Gasteiger partial charge in [-0.05, 0) is 31.9 Å². The van der Waals surface area contributed by atoms with Gasteiger partial charge in [0, 0.05) is 6.07 Å². The van der Waals surface area contributed by atoms with Gasteiger partial charge in [-0.2, -0.15) is 5.10 Å². The third-order valence-electron chi connectivity index (χ3n) is 0.997. The standard InChI is InChI=1S/C5H5Br2FN2/c6-4-3-5(7)10(9-4)2-1-8/h3H,1-2H2. The van der Waals surface area contributed by atoms with Crippen molar-refractivity contribution in [1.29, 1.82) is 0 Å². The summed E-state index contributed by atoms with van der Waals surface area (Å²) in [5.41, 5.74) is 0. The molecule has 0 atom stereocenters. The van der Waals surface area contributed by atoms with Crippen LogP contribution in [0.25, 0.3) is 0 Å². The van der Waals surface area contributed by atoms with Gasteiger partial charge in [-0.25, -0.2) is 4.39 Å². The highest BCUT2D eigenvalue weighted by Crippen LogP contribution is 2.15. The Bertz CT molecular complexity index is 223. The average Bonchev–Trinajstić information content (AvgIpc) is 2.13. The Hall–Kier alpha value is 0.1000. The SMILES string of the molecule is FCCn1nc(Br)cc1Br. The summed E-state index contributed by atoms with van der Waals surface area (Å²) in [6, 6.07) is 1.77. The predicted molar refractivity (Wildman–Crippen MR) is 43.6 cm³/mol. The van der Waals surface area contributed by atoms with Crippen LogP contribution in [0.5, 0.6) is 0 Å². The number of aryl methyl sites for hydroxylation is 1. The molecule has 1 rings (SSSR count). The van der Waals surface area contributed by atoms with Crippen molar-refractivity contribution in [2.24, 2.45) is 0 Å². The number of nitrogens with zero attached hydrogens (tertiary/aromatic N) is 2. The largest absolute Gasteiger partial charge is 0.255 e. The topological polar surface area (TPSA) is 17.8 Å². The molecule has 0 amide bonds. The van der Waals surface area contributed by atoms with Crippen LogP contribution < -0.4 is 0 Å². The van der Waals surface area contributed by atoms with Gasteiger partial charge in [-0.3, -0.25) is 4.68 Å². The van der Waals surface area contributed by atoms with Crippen molar-refractivity contribution in [3.63, 3.8) is 0 Å². The Morgan fingerprint density at radius 1 is 1.60 bits per heavy atom. The molecule has 2 nitrogen and oxygen atoms in total. The quantitative estimate of drug-likeness (QED) is 0.808. The molecular formula is C5H5Br2FN2. The first kappa shape index (κ1) is 8.20. The third kappa shape index (κ3) is 1.79. The van der Waals surface area contributed by atoms with E-state index in [1.807, 2.05) is 0 Å². The minimum Gasteiger partial charge on any atom is -0.255 e. The molecule has 1 aromatic rings. The second kappa shape index (κ2) is 3.48. The Balaban J connectivity index is 2.81. The highest BCUT2D eigenvalue weighted by atomic mass is 79.9. The van der Waals surface area contributed by atoms with Crippen LogP contribution in [0.4, 0.5) is 4.39 Å². The molecule has 0 radical (unpaired) electrons. The van der Waals surface area contributed by atoms with E-state index < -0.39 is 6.67 Å². The number of halogens is 3. The molecule has 0 aromatic carbocycles.